The molecule has 1 aliphatic rings. The fraction of sp³-hybridized carbons (Fsp3) is 0.320. The summed E-state index contributed by atoms with van der Waals surface area (Å²) in [4.78, 5) is 26.4. The van der Waals surface area contributed by atoms with Crippen LogP contribution >= 0.6 is 15.9 Å². The van der Waals surface area contributed by atoms with Gasteiger partial charge in [0.2, 0.25) is 11.9 Å². The second-order valence-electron chi connectivity index (χ2n) is 9.47. The molecule has 192 valence electrons. The van der Waals surface area contributed by atoms with Crippen LogP contribution in [0.1, 0.15) is 38.7 Å². The zero-order valence-corrected chi connectivity index (χ0v) is 22.9. The van der Waals surface area contributed by atoms with E-state index < -0.39 is 16.5 Å². The molecule has 1 saturated carbocycles. The molecule has 1 amide bonds. The Kier molecular flexibility index (Phi) is 6.82. The van der Waals surface area contributed by atoms with Crippen LogP contribution < -0.4 is 10.6 Å². The molecule has 12 heteroatoms. The van der Waals surface area contributed by atoms with Crippen LogP contribution in [0.25, 0.3) is 33.7 Å². The predicted molar refractivity (Wildman–Crippen MR) is 148 cm³/mol. The van der Waals surface area contributed by atoms with E-state index in [1.54, 1.807) is 37.1 Å². The minimum absolute atomic E-state index is 0.0473. The van der Waals surface area contributed by atoms with Gasteiger partial charge in [0.15, 0.2) is 16.7 Å². The van der Waals surface area contributed by atoms with Gasteiger partial charge >= 0.3 is 0 Å². The van der Waals surface area contributed by atoms with Gasteiger partial charge in [-0.05, 0) is 66.4 Å². The van der Waals surface area contributed by atoms with E-state index in [0.717, 1.165) is 29.3 Å². The average molecular weight is 584 g/mol. The number of benzene rings is 1. The van der Waals surface area contributed by atoms with Gasteiger partial charge in [-0.2, -0.15) is 10.1 Å². The maximum absolute atomic E-state index is 12.3. The number of carbonyl (C=O) groups is 1. The van der Waals surface area contributed by atoms with Gasteiger partial charge in [-0.1, -0.05) is 13.0 Å². The number of hydrogen-bond acceptors (Lipinski definition) is 7. The molecule has 0 spiro atoms. The first-order chi connectivity index (χ1) is 17.7. The molecule has 1 unspecified atom stereocenters. The van der Waals surface area contributed by atoms with E-state index in [9.17, 15) is 13.6 Å². The Labute approximate surface area is 224 Å². The fourth-order valence-electron chi connectivity index (χ4n) is 4.88. The summed E-state index contributed by atoms with van der Waals surface area (Å²) in [5.41, 5.74) is 2.30. The highest BCUT2D eigenvalue weighted by molar-refractivity contribution is 9.10. The zero-order chi connectivity index (χ0) is 26.3. The Morgan fingerprint density at radius 3 is 2.92 bits per heavy atom. The number of amides is 1. The molecule has 0 aliphatic heterocycles. The Balaban J connectivity index is 1.55. The van der Waals surface area contributed by atoms with Gasteiger partial charge < -0.3 is 15.2 Å². The molecule has 4 aromatic rings. The van der Waals surface area contributed by atoms with Crippen molar-refractivity contribution in [1.29, 1.82) is 0 Å². The van der Waals surface area contributed by atoms with E-state index in [1.165, 1.54) is 0 Å². The van der Waals surface area contributed by atoms with Gasteiger partial charge in [0.05, 0.1) is 16.6 Å². The Morgan fingerprint density at radius 1 is 1.35 bits per heavy atom. The highest BCUT2D eigenvalue weighted by atomic mass is 79.9. The first-order valence-corrected chi connectivity index (χ1v) is 13.7. The van der Waals surface area contributed by atoms with Crippen LogP contribution in [0, 0.1) is 5.41 Å². The molecular formula is C25H26BrN7O3S. The summed E-state index contributed by atoms with van der Waals surface area (Å²) in [6.45, 7) is 3.58. The largest absolute Gasteiger partial charge is 0.359 e. The number of halogens is 1. The molecule has 5 rings (SSSR count). The molecule has 0 radical (unpaired) electrons. The number of nitrogens with zero attached hydrogens (tertiary/aromatic N) is 5. The third-order valence-electron chi connectivity index (χ3n) is 6.83. The van der Waals surface area contributed by atoms with Crippen molar-refractivity contribution in [3.63, 3.8) is 0 Å². The van der Waals surface area contributed by atoms with Crippen LogP contribution in [0.15, 0.2) is 46.2 Å². The van der Waals surface area contributed by atoms with E-state index >= 15 is 0 Å². The molecular weight excluding hydrogens is 558 g/mol. The van der Waals surface area contributed by atoms with Crippen molar-refractivity contribution in [2.45, 2.75) is 39.2 Å². The van der Waals surface area contributed by atoms with Gasteiger partial charge in [0, 0.05) is 46.8 Å². The van der Waals surface area contributed by atoms with Gasteiger partial charge in [0.1, 0.15) is 4.60 Å². The quantitative estimate of drug-likeness (QED) is 0.284. The third kappa shape index (κ3) is 4.88. The van der Waals surface area contributed by atoms with Crippen molar-refractivity contribution in [3.8, 4) is 5.69 Å². The van der Waals surface area contributed by atoms with Crippen LogP contribution in [0.3, 0.4) is 0 Å². The lowest BCUT2D eigenvalue weighted by Gasteiger charge is -2.22. The second-order valence-corrected chi connectivity index (χ2v) is 11.4. The van der Waals surface area contributed by atoms with E-state index in [2.05, 4.69) is 41.6 Å². The number of aromatic nitrogens is 5. The molecule has 37 heavy (non-hydrogen) atoms. The number of rotatable bonds is 6. The minimum Gasteiger partial charge on any atom is -0.359 e. The summed E-state index contributed by atoms with van der Waals surface area (Å²) in [6.07, 6.45) is 7.38. The average Bonchev–Trinajstić information content (AvgIpc) is 3.43. The van der Waals surface area contributed by atoms with Gasteiger partial charge in [0.25, 0.3) is 0 Å². The Bertz CT molecular complexity index is 1590. The molecule has 0 bridgehead atoms. The molecule has 1 aliphatic carbocycles. The van der Waals surface area contributed by atoms with Crippen molar-refractivity contribution in [1.82, 2.24) is 30.0 Å². The highest BCUT2D eigenvalue weighted by Gasteiger charge is 2.41. The standard InChI is InChI=1S/C25H26BrN7O3S/c1-14(37(35)36)9-16-11-18(10-15-5-4-8-28-20(15)16)33-22-19(21(26)32-33)13-29-24(31-22)30-17-6-7-25(2,12-17)23(34)27-3/h4-5,8-11,13,17H,6-7,12H2,1-3H3,(H,27,34)(H,35,36)(H,29,30,31)/b14-9+/t17-,25-/m1/s1. The topological polar surface area (TPSA) is 135 Å². The van der Waals surface area contributed by atoms with Crippen LogP contribution in [-0.4, -0.2) is 52.5 Å². The lowest BCUT2D eigenvalue weighted by Crippen LogP contribution is -2.35. The normalized spacial score (nSPS) is 20.9. The maximum atomic E-state index is 12.3. The highest BCUT2D eigenvalue weighted by Crippen LogP contribution is 2.39. The third-order valence-corrected chi connectivity index (χ3v) is 8.08. The van der Waals surface area contributed by atoms with Crippen molar-refractivity contribution >= 4 is 66.9 Å². The van der Waals surface area contributed by atoms with Crippen molar-refractivity contribution in [2.75, 3.05) is 12.4 Å². The maximum Gasteiger partial charge on any atom is 0.225 e. The molecule has 10 nitrogen and oxygen atoms in total. The summed E-state index contributed by atoms with van der Waals surface area (Å²) in [5.74, 6) is 0.507. The number of carbonyl (C=O) groups excluding carboxylic acids is 1. The fourth-order valence-corrected chi connectivity index (χ4v) is 5.54. The monoisotopic (exact) mass is 583 g/mol. The lowest BCUT2D eigenvalue weighted by molar-refractivity contribution is -0.129. The number of pyridine rings is 1. The number of anilines is 1. The van der Waals surface area contributed by atoms with E-state index in [1.807, 2.05) is 31.2 Å². The van der Waals surface area contributed by atoms with E-state index in [-0.39, 0.29) is 11.9 Å². The van der Waals surface area contributed by atoms with E-state index in [4.69, 9.17) is 4.98 Å². The summed E-state index contributed by atoms with van der Waals surface area (Å²) in [7, 11) is 1.67. The first-order valence-electron chi connectivity index (χ1n) is 11.8. The molecule has 1 aromatic carbocycles. The second kappa shape index (κ2) is 9.92. The lowest BCUT2D eigenvalue weighted by atomic mass is 9.87. The smallest absolute Gasteiger partial charge is 0.225 e. The van der Waals surface area contributed by atoms with Crippen LogP contribution in [0.4, 0.5) is 5.95 Å². The molecule has 3 atom stereocenters. The Morgan fingerprint density at radius 2 is 2.16 bits per heavy atom. The number of allylic oxidation sites excluding steroid dienone is 1. The van der Waals surface area contributed by atoms with E-state index in [0.29, 0.717) is 38.6 Å². The molecule has 0 saturated heterocycles. The number of hydrogen-bond donors (Lipinski definition) is 3. The van der Waals surface area contributed by atoms with Gasteiger partial charge in [-0.15, -0.1) is 0 Å². The van der Waals surface area contributed by atoms with Gasteiger partial charge in [-0.25, -0.2) is 13.9 Å². The van der Waals surface area contributed by atoms with Crippen LogP contribution in [0.5, 0.6) is 0 Å². The van der Waals surface area contributed by atoms with Crippen molar-refractivity contribution < 1.29 is 13.6 Å². The van der Waals surface area contributed by atoms with Crippen LogP contribution in [0.2, 0.25) is 0 Å². The number of nitrogens with one attached hydrogen (secondary N) is 2. The molecule has 3 N–H and O–H groups in total. The Hall–Kier alpha value is -3.22. The summed E-state index contributed by atoms with van der Waals surface area (Å²) in [5, 5.41) is 12.4. The predicted octanol–water partition coefficient (Wildman–Crippen LogP) is 4.43. The van der Waals surface area contributed by atoms with Crippen molar-refractivity contribution in [2.24, 2.45) is 5.41 Å². The van der Waals surface area contributed by atoms with Crippen LogP contribution in [-0.2, 0) is 15.9 Å². The summed E-state index contributed by atoms with van der Waals surface area (Å²) >= 11 is 1.43. The summed E-state index contributed by atoms with van der Waals surface area (Å²) in [6, 6.07) is 7.66. The number of fused-ring (bicyclic) bond motifs is 2. The first kappa shape index (κ1) is 25.4. The van der Waals surface area contributed by atoms with Crippen molar-refractivity contribution in [3.05, 3.63) is 51.7 Å². The zero-order valence-electron chi connectivity index (χ0n) is 20.5. The molecule has 1 fully saturated rings. The molecule has 3 heterocycles. The molecule has 3 aromatic heterocycles. The minimum atomic E-state index is -2.09. The SMILES string of the molecule is CNC(=O)[C@]1(C)CC[C@@H](Nc2ncc3c(Br)nn(-c4cc(/C=C(\C)S(=O)O)c5ncccc5c4)c3n2)C1. The van der Waals surface area contributed by atoms with Gasteiger partial charge in [-0.3, -0.25) is 9.78 Å². The summed E-state index contributed by atoms with van der Waals surface area (Å²) < 4.78 is 23.4.